The van der Waals surface area contributed by atoms with E-state index in [1.165, 1.54) is 12.2 Å². The van der Waals surface area contributed by atoms with E-state index in [1.54, 1.807) is 6.92 Å². The molecule has 6 heteroatoms. The summed E-state index contributed by atoms with van der Waals surface area (Å²) in [4.78, 5) is 20.9. The van der Waals surface area contributed by atoms with Gasteiger partial charge >= 0.3 is 0 Å². The Balaban J connectivity index is 4.12. The lowest BCUT2D eigenvalue weighted by Gasteiger charge is -2.01. The molecule has 0 aromatic heterocycles. The number of hydroxylamine groups is 2. The normalized spacial score (nSPS) is 13.4. The molecule has 1 atom stereocenters. The largest absolute Gasteiger partial charge is 0.366 e. The smallest absolute Gasteiger partial charge is 0.296 e. The van der Waals surface area contributed by atoms with Crippen LogP contribution in [0.5, 0.6) is 0 Å². The van der Waals surface area contributed by atoms with Gasteiger partial charge in [0, 0.05) is 6.08 Å². The number of carbonyl (C=O) groups excluding carboxylic acids is 2. The molecular weight excluding hydrogens is 188 g/mol. The van der Waals surface area contributed by atoms with Crippen molar-refractivity contribution in [2.75, 3.05) is 0 Å². The molecule has 0 spiro atoms. The minimum Gasteiger partial charge on any atom is -0.366 e. The van der Waals surface area contributed by atoms with Crippen LogP contribution in [-0.2, 0) is 9.59 Å². The quantitative estimate of drug-likeness (QED) is 0.333. The van der Waals surface area contributed by atoms with Crippen LogP contribution in [0.25, 0.3) is 0 Å². The van der Waals surface area contributed by atoms with E-state index in [9.17, 15) is 9.59 Å². The molecule has 0 aliphatic heterocycles. The predicted octanol–water partition coefficient (Wildman–Crippen LogP) is -0.173. The van der Waals surface area contributed by atoms with Crippen molar-refractivity contribution in [3.05, 3.63) is 24.3 Å². The van der Waals surface area contributed by atoms with E-state index in [1.807, 2.05) is 0 Å². The molecule has 0 bridgehead atoms. The first kappa shape index (κ1) is 12.3. The Morgan fingerprint density at radius 3 is 2.21 bits per heavy atom. The van der Waals surface area contributed by atoms with Crippen molar-refractivity contribution in [1.82, 2.24) is 5.23 Å². The first-order valence-electron chi connectivity index (χ1n) is 3.81. The van der Waals surface area contributed by atoms with Gasteiger partial charge in [0.25, 0.3) is 5.91 Å². The average Bonchev–Trinajstić information content (AvgIpc) is 2.10. The van der Waals surface area contributed by atoms with Crippen LogP contribution in [0.4, 0.5) is 0 Å². The maximum atomic E-state index is 10.6. The van der Waals surface area contributed by atoms with Gasteiger partial charge in [0.2, 0.25) is 5.91 Å². The molecule has 4 N–H and O–H groups in total. The highest BCUT2D eigenvalue weighted by Crippen LogP contribution is 1.99. The van der Waals surface area contributed by atoms with Crippen LogP contribution >= 0.6 is 0 Å². The highest BCUT2D eigenvalue weighted by atomic mass is 16.8. The second-order valence-electron chi connectivity index (χ2n) is 2.61. The van der Waals surface area contributed by atoms with Crippen LogP contribution in [0.1, 0.15) is 6.92 Å². The zero-order chi connectivity index (χ0) is 11.1. The number of allylic oxidation sites excluding steroid dienone is 2. The number of rotatable bonds is 4. The number of primary amides is 1. The molecule has 78 valence electrons. The topological polar surface area (TPSA) is 104 Å². The van der Waals surface area contributed by atoms with E-state index >= 15 is 0 Å². The Bertz CT molecular complexity index is 271. The summed E-state index contributed by atoms with van der Waals surface area (Å²) in [5.41, 5.74) is 4.84. The molecule has 0 aromatic rings. The highest BCUT2D eigenvalue weighted by molar-refractivity contribution is 5.86. The van der Waals surface area contributed by atoms with Gasteiger partial charge in [0.1, 0.15) is 0 Å². The first-order chi connectivity index (χ1) is 6.43. The molecule has 0 heterocycles. The first-order valence-corrected chi connectivity index (χ1v) is 3.81. The van der Waals surface area contributed by atoms with E-state index < -0.39 is 17.0 Å². The lowest BCUT2D eigenvalue weighted by Crippen LogP contribution is -2.20. The number of nitrogens with zero attached hydrogens (tertiary/aromatic N) is 1. The average molecular weight is 200 g/mol. The third-order valence-electron chi connectivity index (χ3n) is 1.30. The van der Waals surface area contributed by atoms with Crippen molar-refractivity contribution in [1.29, 1.82) is 0 Å². The molecule has 0 aliphatic rings. The van der Waals surface area contributed by atoms with Crippen LogP contribution in [0, 0.1) is 5.92 Å². The van der Waals surface area contributed by atoms with Gasteiger partial charge in [-0.05, 0) is 12.0 Å². The summed E-state index contributed by atoms with van der Waals surface area (Å²) in [6.07, 6.45) is 5.00. The summed E-state index contributed by atoms with van der Waals surface area (Å²) >= 11 is 0. The predicted molar refractivity (Wildman–Crippen MR) is 47.1 cm³/mol. The third-order valence-corrected chi connectivity index (χ3v) is 1.30. The van der Waals surface area contributed by atoms with Crippen molar-refractivity contribution < 1.29 is 20.0 Å². The minimum absolute atomic E-state index is 0.202. The van der Waals surface area contributed by atoms with E-state index in [-0.39, 0.29) is 5.92 Å². The fraction of sp³-hybridized carbons (Fsp3) is 0.250. The fourth-order valence-corrected chi connectivity index (χ4v) is 0.612. The highest BCUT2D eigenvalue weighted by Gasteiger charge is 2.01. The van der Waals surface area contributed by atoms with Crippen molar-refractivity contribution in [2.24, 2.45) is 11.7 Å². The number of hydrogen-bond donors (Lipinski definition) is 3. The van der Waals surface area contributed by atoms with Crippen molar-refractivity contribution in [3.63, 3.8) is 0 Å². The third kappa shape index (κ3) is 5.92. The molecule has 2 amide bonds. The van der Waals surface area contributed by atoms with Gasteiger partial charge in [-0.25, -0.2) is 0 Å². The number of nitrogens with two attached hydrogens (primary N) is 1. The van der Waals surface area contributed by atoms with E-state index in [4.69, 9.17) is 16.1 Å². The molecule has 1 unspecified atom stereocenters. The second kappa shape index (κ2) is 5.90. The van der Waals surface area contributed by atoms with Crippen LogP contribution in [0.3, 0.4) is 0 Å². The molecule has 0 rings (SSSR count). The van der Waals surface area contributed by atoms with E-state index in [0.29, 0.717) is 0 Å². The summed E-state index contributed by atoms with van der Waals surface area (Å²) in [7, 11) is 0. The van der Waals surface area contributed by atoms with Crippen molar-refractivity contribution in [3.8, 4) is 0 Å². The Hall–Kier alpha value is -1.66. The zero-order valence-electron chi connectivity index (χ0n) is 7.62. The van der Waals surface area contributed by atoms with Crippen LogP contribution < -0.4 is 5.73 Å². The fourth-order valence-electron chi connectivity index (χ4n) is 0.612. The Morgan fingerprint density at radius 2 is 1.79 bits per heavy atom. The summed E-state index contributed by atoms with van der Waals surface area (Å²) in [6, 6.07) is 0. The van der Waals surface area contributed by atoms with Gasteiger partial charge in [-0.3, -0.25) is 20.0 Å². The number of hydrogen-bond acceptors (Lipinski definition) is 4. The SMILES string of the molecule is CC(C=CC(N)=O)C=CC(=O)N(O)O. The Kier molecular flexibility index (Phi) is 5.20. The molecule has 0 aromatic carbocycles. The molecule has 0 fully saturated rings. The molecule has 6 nitrogen and oxygen atoms in total. The zero-order valence-corrected chi connectivity index (χ0v) is 7.62. The Labute approximate surface area is 80.8 Å². The molecule has 0 aliphatic carbocycles. The second-order valence-corrected chi connectivity index (χ2v) is 2.61. The summed E-state index contributed by atoms with van der Waals surface area (Å²) in [6.45, 7) is 1.70. The van der Waals surface area contributed by atoms with Gasteiger partial charge in [-0.2, -0.15) is 0 Å². The van der Waals surface area contributed by atoms with Gasteiger partial charge < -0.3 is 5.73 Å². The monoisotopic (exact) mass is 200 g/mol. The lowest BCUT2D eigenvalue weighted by atomic mass is 10.1. The molecule has 14 heavy (non-hydrogen) atoms. The van der Waals surface area contributed by atoms with E-state index in [0.717, 1.165) is 12.2 Å². The van der Waals surface area contributed by atoms with Crippen LogP contribution in [0.15, 0.2) is 24.3 Å². The minimum atomic E-state index is -0.968. The standard InChI is InChI=1S/C8H12N2O4/c1-6(2-4-7(9)11)3-5-8(12)10(13)14/h2-6,13-14H,1H3,(H2,9,11). The number of amides is 2. The lowest BCUT2D eigenvalue weighted by molar-refractivity contribution is -0.280. The van der Waals surface area contributed by atoms with Crippen LogP contribution in [0.2, 0.25) is 0 Å². The Morgan fingerprint density at radius 1 is 1.29 bits per heavy atom. The maximum Gasteiger partial charge on any atom is 0.296 e. The summed E-state index contributed by atoms with van der Waals surface area (Å²) in [5, 5.41) is 16.0. The maximum absolute atomic E-state index is 10.6. The van der Waals surface area contributed by atoms with Crippen molar-refractivity contribution >= 4 is 11.8 Å². The van der Waals surface area contributed by atoms with Crippen molar-refractivity contribution in [2.45, 2.75) is 6.92 Å². The molecule has 0 radical (unpaired) electrons. The van der Waals surface area contributed by atoms with Gasteiger partial charge in [0.15, 0.2) is 0 Å². The molecule has 0 saturated heterocycles. The number of carbonyl (C=O) groups is 2. The molecular formula is C8H12N2O4. The summed E-state index contributed by atoms with van der Waals surface area (Å²) in [5.74, 6) is -1.75. The van der Waals surface area contributed by atoms with Gasteiger partial charge in [0.05, 0.1) is 0 Å². The summed E-state index contributed by atoms with van der Waals surface area (Å²) < 4.78 is 0. The van der Waals surface area contributed by atoms with Gasteiger partial charge in [-0.15, -0.1) is 0 Å². The molecule has 0 saturated carbocycles. The van der Waals surface area contributed by atoms with Crippen LogP contribution in [-0.4, -0.2) is 27.5 Å². The van der Waals surface area contributed by atoms with E-state index in [2.05, 4.69) is 0 Å². The van der Waals surface area contributed by atoms with Gasteiger partial charge in [-0.1, -0.05) is 24.3 Å².